The second kappa shape index (κ2) is 8.24. The van der Waals surface area contributed by atoms with Gasteiger partial charge < -0.3 is 4.74 Å². The van der Waals surface area contributed by atoms with E-state index in [0.717, 1.165) is 5.56 Å². The van der Waals surface area contributed by atoms with Gasteiger partial charge in [-0.2, -0.15) is 0 Å². The van der Waals surface area contributed by atoms with E-state index in [2.05, 4.69) is 9.46 Å². The number of carbonyl (C=O) groups excluding carboxylic acids is 1. The van der Waals surface area contributed by atoms with E-state index in [0.29, 0.717) is 18.7 Å². The first-order valence-electron chi connectivity index (χ1n) is 6.21. The monoisotopic (exact) mass is 319 g/mol. The maximum absolute atomic E-state index is 12.0. The molecule has 0 saturated heterocycles. The lowest BCUT2D eigenvalue weighted by molar-refractivity contribution is -0.140. The molecule has 0 aromatic heterocycles. The molecular formula is C13H18ClNO4S. The Morgan fingerprint density at radius 2 is 1.95 bits per heavy atom. The van der Waals surface area contributed by atoms with Gasteiger partial charge in [0, 0.05) is 18.8 Å². The van der Waals surface area contributed by atoms with Crippen molar-refractivity contribution in [2.75, 3.05) is 19.5 Å². The summed E-state index contributed by atoms with van der Waals surface area (Å²) in [6.07, 6.45) is 1.29. The number of carbonyl (C=O) groups is 1. The van der Waals surface area contributed by atoms with Gasteiger partial charge in [0.25, 0.3) is 0 Å². The number of aryl methyl sites for hydroxylation is 1. The Labute approximate surface area is 124 Å². The van der Waals surface area contributed by atoms with Crippen molar-refractivity contribution in [3.63, 3.8) is 0 Å². The van der Waals surface area contributed by atoms with Gasteiger partial charge in [-0.05, 0) is 30.5 Å². The number of hydrogen-bond donors (Lipinski definition) is 1. The molecule has 112 valence electrons. The molecule has 7 heteroatoms. The quantitative estimate of drug-likeness (QED) is 0.450. The number of halogens is 1. The topological polar surface area (TPSA) is 72.5 Å². The number of nitrogens with one attached hydrogen (secondary N) is 1. The lowest BCUT2D eigenvalue weighted by Gasteiger charge is -2.07. The number of methoxy groups -OCH3 is 1. The van der Waals surface area contributed by atoms with Crippen LogP contribution in [0.2, 0.25) is 0 Å². The number of sulfonamides is 1. The number of benzene rings is 1. The van der Waals surface area contributed by atoms with Crippen molar-refractivity contribution >= 4 is 27.6 Å². The number of esters is 1. The zero-order chi connectivity index (χ0) is 15.0. The van der Waals surface area contributed by atoms with Crippen molar-refractivity contribution < 1.29 is 17.9 Å². The zero-order valence-corrected chi connectivity index (χ0v) is 12.8. The predicted molar refractivity (Wildman–Crippen MR) is 77.3 cm³/mol. The summed E-state index contributed by atoms with van der Waals surface area (Å²) in [5, 5.41) is 0. The Morgan fingerprint density at radius 1 is 1.30 bits per heavy atom. The van der Waals surface area contributed by atoms with Gasteiger partial charge in [-0.3, -0.25) is 4.79 Å². The van der Waals surface area contributed by atoms with Crippen LogP contribution in [0.15, 0.2) is 29.2 Å². The minimum Gasteiger partial charge on any atom is -0.469 e. The molecule has 0 saturated carbocycles. The average Bonchev–Trinajstić information content (AvgIpc) is 2.44. The van der Waals surface area contributed by atoms with Crippen LogP contribution in [0.1, 0.15) is 18.4 Å². The first-order chi connectivity index (χ1) is 9.49. The smallest absolute Gasteiger partial charge is 0.305 e. The van der Waals surface area contributed by atoms with E-state index < -0.39 is 10.0 Å². The highest BCUT2D eigenvalue weighted by molar-refractivity contribution is 7.89. The number of alkyl halides is 1. The average molecular weight is 320 g/mol. The van der Waals surface area contributed by atoms with Crippen molar-refractivity contribution in [3.05, 3.63) is 29.8 Å². The number of rotatable bonds is 8. The first-order valence-corrected chi connectivity index (χ1v) is 8.23. The van der Waals surface area contributed by atoms with Crippen molar-refractivity contribution in [2.24, 2.45) is 0 Å². The summed E-state index contributed by atoms with van der Waals surface area (Å²) in [7, 11) is -2.23. The lowest BCUT2D eigenvalue weighted by Crippen LogP contribution is -2.25. The number of hydrogen-bond acceptors (Lipinski definition) is 4. The molecule has 0 aliphatic carbocycles. The van der Waals surface area contributed by atoms with Crippen LogP contribution in [0.5, 0.6) is 0 Å². The summed E-state index contributed by atoms with van der Waals surface area (Å²) < 4.78 is 30.8. The van der Waals surface area contributed by atoms with Gasteiger partial charge in [-0.25, -0.2) is 13.1 Å². The molecule has 20 heavy (non-hydrogen) atoms. The van der Waals surface area contributed by atoms with Crippen molar-refractivity contribution in [1.29, 1.82) is 0 Å². The highest BCUT2D eigenvalue weighted by Crippen LogP contribution is 2.11. The molecule has 1 aromatic rings. The van der Waals surface area contributed by atoms with Crippen LogP contribution in [-0.2, 0) is 26.0 Å². The van der Waals surface area contributed by atoms with Crippen LogP contribution in [-0.4, -0.2) is 33.9 Å². The summed E-state index contributed by atoms with van der Waals surface area (Å²) in [5.41, 5.74) is 0.990. The van der Waals surface area contributed by atoms with Crippen LogP contribution in [0.25, 0.3) is 0 Å². The van der Waals surface area contributed by atoms with Crippen LogP contribution in [0.3, 0.4) is 0 Å². The van der Waals surface area contributed by atoms with E-state index in [9.17, 15) is 13.2 Å². The van der Waals surface area contributed by atoms with Crippen molar-refractivity contribution in [1.82, 2.24) is 4.72 Å². The van der Waals surface area contributed by atoms with Crippen molar-refractivity contribution in [3.8, 4) is 0 Å². The van der Waals surface area contributed by atoms with E-state index >= 15 is 0 Å². The largest absolute Gasteiger partial charge is 0.469 e. The molecule has 0 aliphatic rings. The Hall–Kier alpha value is -1.11. The maximum Gasteiger partial charge on any atom is 0.305 e. The molecule has 0 bridgehead atoms. The van der Waals surface area contributed by atoms with Gasteiger partial charge in [0.05, 0.1) is 12.0 Å². The van der Waals surface area contributed by atoms with Gasteiger partial charge in [0.15, 0.2) is 0 Å². The summed E-state index contributed by atoms with van der Waals surface area (Å²) >= 11 is 5.62. The predicted octanol–water partition coefficient (Wildman–Crippen LogP) is 1.70. The first kappa shape index (κ1) is 16.9. The second-order valence-electron chi connectivity index (χ2n) is 4.16. The molecule has 1 rings (SSSR count). The van der Waals surface area contributed by atoms with E-state index in [1.165, 1.54) is 7.11 Å². The van der Waals surface area contributed by atoms with E-state index in [-0.39, 0.29) is 23.8 Å². The third-order valence-corrected chi connectivity index (χ3v) is 4.36. The molecule has 0 heterocycles. The molecule has 1 aromatic carbocycles. The van der Waals surface area contributed by atoms with Gasteiger partial charge in [-0.15, -0.1) is 11.6 Å². The molecule has 0 fully saturated rings. The molecule has 5 nitrogen and oxygen atoms in total. The normalized spacial score (nSPS) is 11.3. The fourth-order valence-electron chi connectivity index (χ4n) is 1.57. The number of ether oxygens (including phenoxy) is 1. The third-order valence-electron chi connectivity index (χ3n) is 2.69. The Kier molecular flexibility index (Phi) is 6.98. The minimum absolute atomic E-state index is 0.188. The third kappa shape index (κ3) is 5.48. The summed E-state index contributed by atoms with van der Waals surface area (Å²) in [6.45, 7) is 0.195. The van der Waals surface area contributed by atoms with Gasteiger partial charge in [-0.1, -0.05) is 12.1 Å². The fourth-order valence-corrected chi connectivity index (χ4v) is 2.86. The Balaban J connectivity index is 2.53. The van der Waals surface area contributed by atoms with Crippen LogP contribution in [0, 0.1) is 0 Å². The minimum atomic E-state index is -3.53. The summed E-state index contributed by atoms with van der Waals surface area (Å²) in [4.78, 5) is 11.1. The van der Waals surface area contributed by atoms with E-state index in [1.54, 1.807) is 24.3 Å². The summed E-state index contributed by atoms with van der Waals surface area (Å²) in [5.74, 6) is 0.146. The molecular weight excluding hydrogens is 302 g/mol. The van der Waals surface area contributed by atoms with Crippen molar-refractivity contribution in [2.45, 2.75) is 24.2 Å². The highest BCUT2D eigenvalue weighted by Gasteiger charge is 2.13. The van der Waals surface area contributed by atoms with Crippen LogP contribution in [0.4, 0.5) is 0 Å². The Morgan fingerprint density at radius 3 is 2.50 bits per heavy atom. The fraction of sp³-hybridized carbons (Fsp3) is 0.462. The van der Waals surface area contributed by atoms with Gasteiger partial charge in [0.1, 0.15) is 0 Å². The highest BCUT2D eigenvalue weighted by atomic mass is 35.5. The van der Waals surface area contributed by atoms with Gasteiger partial charge in [0.2, 0.25) is 10.0 Å². The maximum atomic E-state index is 12.0. The van der Waals surface area contributed by atoms with E-state index in [1.807, 2.05) is 0 Å². The molecule has 0 unspecified atom stereocenters. The molecule has 0 atom stereocenters. The molecule has 0 spiro atoms. The Bertz CT molecular complexity index is 528. The standard InChI is InChI=1S/C13H18ClNO4S/c1-19-13(16)3-2-10-15-20(17,18)12-6-4-11(5-7-12)8-9-14/h4-7,15H,2-3,8-10H2,1H3. The SMILES string of the molecule is COC(=O)CCCNS(=O)(=O)c1ccc(CCCl)cc1. The zero-order valence-electron chi connectivity index (χ0n) is 11.3. The van der Waals surface area contributed by atoms with Gasteiger partial charge >= 0.3 is 5.97 Å². The lowest BCUT2D eigenvalue weighted by atomic mass is 10.2. The molecule has 1 N–H and O–H groups in total. The molecule has 0 radical (unpaired) electrons. The summed E-state index contributed by atoms with van der Waals surface area (Å²) in [6, 6.07) is 6.58. The second-order valence-corrected chi connectivity index (χ2v) is 6.31. The van der Waals surface area contributed by atoms with Crippen LogP contribution < -0.4 is 4.72 Å². The van der Waals surface area contributed by atoms with Crippen LogP contribution >= 0.6 is 11.6 Å². The van der Waals surface area contributed by atoms with E-state index in [4.69, 9.17) is 11.6 Å². The molecule has 0 amide bonds. The molecule has 0 aliphatic heterocycles.